The molecule has 0 aliphatic rings. The molecule has 0 fully saturated rings. The first-order chi connectivity index (χ1) is 6.40. The van der Waals surface area contributed by atoms with Gasteiger partial charge in [-0.1, -0.05) is 5.16 Å². The SMILES string of the molecule is COc1ccc(-c2ncno2)cc1. The normalized spacial score (nSPS) is 9.92. The molecular formula is C9H8N2O2. The molecule has 0 saturated heterocycles. The highest BCUT2D eigenvalue weighted by atomic mass is 16.5. The lowest BCUT2D eigenvalue weighted by atomic mass is 10.2. The van der Waals surface area contributed by atoms with Gasteiger partial charge in [0.2, 0.25) is 0 Å². The molecule has 0 aliphatic heterocycles. The third kappa shape index (κ3) is 1.51. The zero-order valence-corrected chi connectivity index (χ0v) is 7.10. The summed E-state index contributed by atoms with van der Waals surface area (Å²) in [6.07, 6.45) is 1.37. The maximum absolute atomic E-state index is 5.02. The van der Waals surface area contributed by atoms with Crippen molar-refractivity contribution >= 4 is 0 Å². The lowest BCUT2D eigenvalue weighted by Crippen LogP contribution is -1.82. The number of nitrogens with zero attached hydrogens (tertiary/aromatic N) is 2. The molecule has 0 aliphatic carbocycles. The Morgan fingerprint density at radius 3 is 2.54 bits per heavy atom. The Morgan fingerprint density at radius 1 is 1.23 bits per heavy atom. The van der Waals surface area contributed by atoms with Gasteiger partial charge in [0.25, 0.3) is 5.89 Å². The van der Waals surface area contributed by atoms with Crippen molar-refractivity contribution in [2.24, 2.45) is 0 Å². The molecule has 1 heterocycles. The smallest absolute Gasteiger partial charge is 0.257 e. The summed E-state index contributed by atoms with van der Waals surface area (Å²) in [6, 6.07) is 7.43. The summed E-state index contributed by atoms with van der Waals surface area (Å²) in [5.74, 6) is 1.32. The molecular weight excluding hydrogens is 168 g/mol. The summed E-state index contributed by atoms with van der Waals surface area (Å²) in [7, 11) is 1.63. The minimum atomic E-state index is 0.516. The van der Waals surface area contributed by atoms with Crippen molar-refractivity contribution < 1.29 is 9.26 Å². The number of ether oxygens (including phenoxy) is 1. The van der Waals surface area contributed by atoms with Crippen LogP contribution in [0.3, 0.4) is 0 Å². The van der Waals surface area contributed by atoms with Gasteiger partial charge in [-0.05, 0) is 24.3 Å². The van der Waals surface area contributed by atoms with E-state index < -0.39 is 0 Å². The highest BCUT2D eigenvalue weighted by Gasteiger charge is 2.02. The summed E-state index contributed by atoms with van der Waals surface area (Å²) in [4.78, 5) is 3.92. The first kappa shape index (κ1) is 7.79. The Kier molecular flexibility index (Phi) is 1.96. The van der Waals surface area contributed by atoms with Crippen LogP contribution in [0.2, 0.25) is 0 Å². The molecule has 1 aromatic carbocycles. The number of hydrogen-bond donors (Lipinski definition) is 0. The van der Waals surface area contributed by atoms with Crippen molar-refractivity contribution in [2.45, 2.75) is 0 Å². The Bertz CT molecular complexity index is 367. The number of benzene rings is 1. The van der Waals surface area contributed by atoms with Gasteiger partial charge >= 0.3 is 0 Å². The Hall–Kier alpha value is -1.84. The molecule has 0 unspecified atom stereocenters. The molecule has 66 valence electrons. The van der Waals surface area contributed by atoms with Gasteiger partial charge in [0.15, 0.2) is 6.33 Å². The van der Waals surface area contributed by atoms with Crippen LogP contribution in [-0.4, -0.2) is 17.3 Å². The van der Waals surface area contributed by atoms with E-state index in [0.29, 0.717) is 5.89 Å². The summed E-state index contributed by atoms with van der Waals surface area (Å²) < 4.78 is 9.91. The van der Waals surface area contributed by atoms with Gasteiger partial charge in [0, 0.05) is 5.56 Å². The Morgan fingerprint density at radius 2 is 2.00 bits per heavy atom. The Balaban J connectivity index is 2.33. The van der Waals surface area contributed by atoms with Crippen molar-refractivity contribution in [3.63, 3.8) is 0 Å². The second-order valence-corrected chi connectivity index (χ2v) is 2.47. The van der Waals surface area contributed by atoms with E-state index in [2.05, 4.69) is 10.1 Å². The summed E-state index contributed by atoms with van der Waals surface area (Å²) in [6.45, 7) is 0. The topological polar surface area (TPSA) is 48.2 Å². The van der Waals surface area contributed by atoms with Crippen LogP contribution in [0.15, 0.2) is 35.1 Å². The molecule has 13 heavy (non-hydrogen) atoms. The van der Waals surface area contributed by atoms with E-state index >= 15 is 0 Å². The van der Waals surface area contributed by atoms with Gasteiger partial charge in [-0.15, -0.1) is 0 Å². The molecule has 2 rings (SSSR count). The molecule has 0 bridgehead atoms. The van der Waals surface area contributed by atoms with Crippen molar-refractivity contribution in [3.8, 4) is 17.2 Å². The lowest BCUT2D eigenvalue weighted by Gasteiger charge is -1.98. The quantitative estimate of drug-likeness (QED) is 0.699. The van der Waals surface area contributed by atoms with Gasteiger partial charge in [-0.3, -0.25) is 0 Å². The van der Waals surface area contributed by atoms with E-state index in [1.54, 1.807) is 7.11 Å². The maximum Gasteiger partial charge on any atom is 0.257 e. The standard InChI is InChI=1S/C9H8N2O2/c1-12-8-4-2-7(3-5-8)9-10-6-11-13-9/h2-6H,1H3. The monoisotopic (exact) mass is 176 g/mol. The summed E-state index contributed by atoms with van der Waals surface area (Å²) in [5, 5.41) is 3.52. The molecule has 0 radical (unpaired) electrons. The van der Waals surface area contributed by atoms with Gasteiger partial charge in [0.05, 0.1) is 7.11 Å². The molecule has 2 aromatic rings. The summed E-state index contributed by atoms with van der Waals surface area (Å²) >= 11 is 0. The largest absolute Gasteiger partial charge is 0.497 e. The van der Waals surface area contributed by atoms with Crippen LogP contribution in [0.25, 0.3) is 11.5 Å². The Labute approximate surface area is 75.2 Å². The van der Waals surface area contributed by atoms with Gasteiger partial charge in [-0.25, -0.2) is 0 Å². The third-order valence-electron chi connectivity index (χ3n) is 1.70. The average Bonchev–Trinajstić information content (AvgIpc) is 2.71. The minimum Gasteiger partial charge on any atom is -0.497 e. The molecule has 4 heteroatoms. The van der Waals surface area contributed by atoms with Crippen LogP contribution >= 0.6 is 0 Å². The maximum atomic E-state index is 5.02. The van der Waals surface area contributed by atoms with Crippen molar-refractivity contribution in [2.75, 3.05) is 7.11 Å². The summed E-state index contributed by atoms with van der Waals surface area (Å²) in [5.41, 5.74) is 0.887. The van der Waals surface area contributed by atoms with Crippen LogP contribution in [0.4, 0.5) is 0 Å². The zero-order valence-electron chi connectivity index (χ0n) is 7.10. The van der Waals surface area contributed by atoms with Crippen molar-refractivity contribution in [1.29, 1.82) is 0 Å². The highest BCUT2D eigenvalue weighted by Crippen LogP contribution is 2.19. The van der Waals surface area contributed by atoms with E-state index in [-0.39, 0.29) is 0 Å². The number of methoxy groups -OCH3 is 1. The predicted molar refractivity (Wildman–Crippen MR) is 46.3 cm³/mol. The van der Waals surface area contributed by atoms with Crippen molar-refractivity contribution in [3.05, 3.63) is 30.6 Å². The predicted octanol–water partition coefficient (Wildman–Crippen LogP) is 1.75. The minimum absolute atomic E-state index is 0.516. The van der Waals surface area contributed by atoms with Gasteiger partial charge < -0.3 is 9.26 Å². The van der Waals surface area contributed by atoms with E-state index in [9.17, 15) is 0 Å². The van der Waals surface area contributed by atoms with Crippen LogP contribution in [0.5, 0.6) is 5.75 Å². The fraction of sp³-hybridized carbons (Fsp3) is 0.111. The number of rotatable bonds is 2. The lowest BCUT2D eigenvalue weighted by molar-refractivity contribution is 0.414. The van der Waals surface area contributed by atoms with E-state index in [0.717, 1.165) is 11.3 Å². The van der Waals surface area contributed by atoms with Crippen LogP contribution in [0.1, 0.15) is 0 Å². The molecule has 0 N–H and O–H groups in total. The van der Waals surface area contributed by atoms with E-state index in [4.69, 9.17) is 9.26 Å². The fourth-order valence-corrected chi connectivity index (χ4v) is 1.03. The number of aromatic nitrogens is 2. The van der Waals surface area contributed by atoms with Crippen LogP contribution in [-0.2, 0) is 0 Å². The van der Waals surface area contributed by atoms with Gasteiger partial charge in [0.1, 0.15) is 5.75 Å². The first-order valence-electron chi connectivity index (χ1n) is 3.81. The molecule has 1 aromatic heterocycles. The third-order valence-corrected chi connectivity index (χ3v) is 1.70. The van der Waals surface area contributed by atoms with E-state index in [1.165, 1.54) is 6.33 Å². The molecule has 0 saturated carbocycles. The van der Waals surface area contributed by atoms with Crippen LogP contribution < -0.4 is 4.74 Å². The fourth-order valence-electron chi connectivity index (χ4n) is 1.03. The molecule has 0 spiro atoms. The second kappa shape index (κ2) is 3.26. The van der Waals surface area contributed by atoms with Crippen LogP contribution in [0, 0.1) is 0 Å². The van der Waals surface area contributed by atoms with Gasteiger partial charge in [-0.2, -0.15) is 4.98 Å². The first-order valence-corrected chi connectivity index (χ1v) is 3.81. The average molecular weight is 176 g/mol. The van der Waals surface area contributed by atoms with E-state index in [1.807, 2.05) is 24.3 Å². The van der Waals surface area contributed by atoms with Crippen molar-refractivity contribution in [1.82, 2.24) is 10.1 Å². The zero-order chi connectivity index (χ0) is 9.10. The highest BCUT2D eigenvalue weighted by molar-refractivity contribution is 5.53. The molecule has 0 amide bonds. The number of hydrogen-bond acceptors (Lipinski definition) is 4. The molecule has 4 nitrogen and oxygen atoms in total. The second-order valence-electron chi connectivity index (χ2n) is 2.47. The molecule has 0 atom stereocenters.